The molecule has 1 aliphatic carbocycles. The number of halogens is 2. The van der Waals surface area contributed by atoms with Gasteiger partial charge in [0.25, 0.3) is 11.8 Å². The van der Waals surface area contributed by atoms with Crippen LogP contribution in [0.4, 0.5) is 28.4 Å². The van der Waals surface area contributed by atoms with E-state index in [1.54, 1.807) is 49.9 Å². The van der Waals surface area contributed by atoms with Crippen molar-refractivity contribution in [1.82, 2.24) is 0 Å². The van der Waals surface area contributed by atoms with Gasteiger partial charge in [-0.05, 0) is 154 Å². The van der Waals surface area contributed by atoms with Gasteiger partial charge in [-0.15, -0.1) is 11.8 Å². The molecule has 2 atom stereocenters. The summed E-state index contributed by atoms with van der Waals surface area (Å²) in [7, 11) is -5.55. The molecule has 0 radical (unpaired) electrons. The van der Waals surface area contributed by atoms with Gasteiger partial charge in [0.1, 0.15) is 22.0 Å². The number of phenols is 2. The third kappa shape index (κ3) is 16.4. The number of amides is 4. The molecule has 8 rings (SSSR count). The lowest BCUT2D eigenvalue weighted by molar-refractivity contribution is -0.116. The third-order valence-corrected chi connectivity index (χ3v) is 20.7. The van der Waals surface area contributed by atoms with Crippen LogP contribution in [0.1, 0.15) is 119 Å². The number of phenolic OH excluding ortho intramolecular Hbond substituents is 2. The molecule has 0 aromatic heterocycles. The third-order valence-electron chi connectivity index (χ3n) is 14.3. The summed E-state index contributed by atoms with van der Waals surface area (Å²) >= 11 is 14.4. The average Bonchev–Trinajstić information content (AvgIpc) is 2.82. The van der Waals surface area contributed by atoms with E-state index < -0.39 is 77.2 Å². The maximum atomic E-state index is 13.4. The van der Waals surface area contributed by atoms with E-state index >= 15 is 0 Å². The van der Waals surface area contributed by atoms with Crippen molar-refractivity contribution >= 4 is 119 Å². The predicted octanol–water partition coefficient (Wildman–Crippen LogP) is 12.0. The Morgan fingerprint density at radius 1 is 0.529 bits per heavy atom. The number of carbonyl (C=O) groups excluding carboxylic acids is 6. The Kier molecular flexibility index (Phi) is 22.5. The largest absolute Gasteiger partial charge is 0.506 e. The molecule has 85 heavy (non-hydrogen) atoms. The highest BCUT2D eigenvalue weighted by Crippen LogP contribution is 2.38. The Hall–Kier alpha value is -7.63. The molecular weight excluding hydrogens is 1190 g/mol. The maximum absolute atomic E-state index is 13.4. The van der Waals surface area contributed by atoms with Gasteiger partial charge in [0.05, 0.1) is 67.9 Å². The average molecular weight is 1260 g/mol. The quantitative estimate of drug-likeness (QED) is 0.0325. The Bertz CT molecular complexity index is 3640. The Morgan fingerprint density at radius 2 is 0.906 bits per heavy atom. The number of carbonyl (C=O) groups is 6. The van der Waals surface area contributed by atoms with Gasteiger partial charge in [-0.1, -0.05) is 56.3 Å². The molecule has 6 N–H and O–H groups in total. The van der Waals surface area contributed by atoms with E-state index in [1.165, 1.54) is 125 Å². The van der Waals surface area contributed by atoms with E-state index in [1.807, 2.05) is 0 Å². The summed E-state index contributed by atoms with van der Waals surface area (Å²) in [6.07, 6.45) is 9.38. The number of aromatic hydroxyl groups is 2. The predicted molar refractivity (Wildman–Crippen MR) is 329 cm³/mol. The number of hydrogen-bond acceptors (Lipinski definition) is 16. The van der Waals surface area contributed by atoms with Crippen molar-refractivity contribution in [1.29, 1.82) is 0 Å². The van der Waals surface area contributed by atoms with Crippen LogP contribution in [-0.4, -0.2) is 106 Å². The van der Waals surface area contributed by atoms with Crippen molar-refractivity contribution in [2.45, 2.75) is 108 Å². The van der Waals surface area contributed by atoms with E-state index in [0.29, 0.717) is 5.25 Å². The standard InChI is InChI=1S/C31H33ClN2O7S2.C30H32ClN3O7S/c1-3-28(43(39,40)23-15-13-22(14-16-23)42-21-7-5-4-6-8-21)30(37)33-25-18-27(35)26(17-24(25)32)34-29(36)19-9-11-20(12-10-19)31(38)41-2;1-3-27(42(39,40)22-13-11-21(12-14-22)34-15-5-4-6-16-34)29(37)32-24-18-26(35)25(17-23(24)31)33-28(36)19-7-9-20(10-8-19)30(38)41-2/h9-18,21,28,35H,3-8H2,1-2H3,(H,33,37)(H,34,36);7-14,17-18,27,35H,3-6,15-16H2,1-2H3,(H,32,37)(H,33,36). The smallest absolute Gasteiger partial charge is 0.337 e. The van der Waals surface area contributed by atoms with Crippen LogP contribution < -0.4 is 26.2 Å². The van der Waals surface area contributed by atoms with Gasteiger partial charge in [0.15, 0.2) is 19.7 Å². The fraction of sp³-hybridized carbons (Fsp3) is 0.311. The van der Waals surface area contributed by atoms with Crippen LogP contribution in [0.3, 0.4) is 0 Å². The summed E-state index contributed by atoms with van der Waals surface area (Å²) in [5.41, 5.74) is 1.78. The summed E-state index contributed by atoms with van der Waals surface area (Å²) in [6, 6.07) is 29.3. The number of esters is 2. The minimum atomic E-state index is -4.03. The zero-order valence-corrected chi connectivity index (χ0v) is 50.9. The first kappa shape index (κ1) is 64.9. The van der Waals surface area contributed by atoms with E-state index in [0.717, 1.165) is 61.5 Å². The molecule has 6 aromatic carbocycles. The molecule has 6 aromatic rings. The Labute approximate surface area is 508 Å². The lowest BCUT2D eigenvalue weighted by atomic mass is 10.0. The highest BCUT2D eigenvalue weighted by atomic mass is 35.5. The number of piperidine rings is 1. The number of rotatable bonds is 19. The molecule has 1 saturated carbocycles. The van der Waals surface area contributed by atoms with Gasteiger partial charge in [-0.2, -0.15) is 0 Å². The molecule has 1 saturated heterocycles. The van der Waals surface area contributed by atoms with Crippen LogP contribution in [0.2, 0.25) is 10.0 Å². The summed E-state index contributed by atoms with van der Waals surface area (Å²) in [5.74, 6) is -4.67. The fourth-order valence-corrected chi connectivity index (χ4v) is 14.5. The molecule has 1 heterocycles. The molecule has 2 unspecified atom stereocenters. The van der Waals surface area contributed by atoms with E-state index in [4.69, 9.17) is 23.2 Å². The lowest BCUT2D eigenvalue weighted by Gasteiger charge is -2.29. The van der Waals surface area contributed by atoms with Crippen LogP contribution in [0.25, 0.3) is 0 Å². The minimum Gasteiger partial charge on any atom is -0.506 e. The van der Waals surface area contributed by atoms with Crippen molar-refractivity contribution in [3.63, 3.8) is 0 Å². The van der Waals surface area contributed by atoms with Crippen molar-refractivity contribution in [3.8, 4) is 11.5 Å². The van der Waals surface area contributed by atoms with Gasteiger partial charge in [-0.3, -0.25) is 19.2 Å². The minimum absolute atomic E-state index is 0.00849. The van der Waals surface area contributed by atoms with Crippen molar-refractivity contribution in [3.05, 3.63) is 154 Å². The van der Waals surface area contributed by atoms with E-state index in [9.17, 15) is 55.8 Å². The Morgan fingerprint density at radius 3 is 1.29 bits per heavy atom. The molecular formula is C61H65Cl2N5O14S3. The summed E-state index contributed by atoms with van der Waals surface area (Å²) in [6.45, 7) is 5.04. The zero-order valence-electron chi connectivity index (χ0n) is 47.0. The van der Waals surface area contributed by atoms with Crippen molar-refractivity contribution in [2.24, 2.45) is 0 Å². The maximum Gasteiger partial charge on any atom is 0.337 e. The number of ether oxygens (including phenoxy) is 2. The fourth-order valence-electron chi connectivity index (χ4n) is 9.58. The summed E-state index contributed by atoms with van der Waals surface area (Å²) < 4.78 is 62.9. The molecule has 4 amide bonds. The second-order valence-corrected chi connectivity index (χ2v) is 26.4. The first-order valence-electron chi connectivity index (χ1n) is 27.3. The molecule has 0 spiro atoms. The van der Waals surface area contributed by atoms with Crippen LogP contribution in [-0.2, 0) is 38.7 Å². The number of nitrogens with one attached hydrogen (secondary N) is 4. The van der Waals surface area contributed by atoms with Gasteiger partial charge in [0.2, 0.25) is 11.8 Å². The van der Waals surface area contributed by atoms with Gasteiger partial charge in [0, 0.05) is 52.2 Å². The van der Waals surface area contributed by atoms with Crippen LogP contribution >= 0.6 is 35.0 Å². The number of thioether (sulfide) groups is 1. The molecule has 24 heteroatoms. The van der Waals surface area contributed by atoms with Crippen LogP contribution in [0, 0.1) is 0 Å². The zero-order chi connectivity index (χ0) is 61.6. The monoisotopic (exact) mass is 1260 g/mol. The first-order chi connectivity index (χ1) is 40.6. The van der Waals surface area contributed by atoms with Crippen LogP contribution in [0.15, 0.2) is 136 Å². The molecule has 2 aliphatic rings. The summed E-state index contributed by atoms with van der Waals surface area (Å²) in [5, 5.41) is 28.8. The van der Waals surface area contributed by atoms with Gasteiger partial charge < -0.3 is 45.9 Å². The second-order valence-electron chi connectivity index (χ2n) is 20.0. The number of nitrogens with zero attached hydrogens (tertiary/aromatic N) is 1. The topological polar surface area (TPSA) is 281 Å². The number of benzene rings is 6. The highest BCUT2D eigenvalue weighted by molar-refractivity contribution is 8.00. The lowest BCUT2D eigenvalue weighted by Crippen LogP contribution is -2.35. The number of methoxy groups -OCH3 is 2. The summed E-state index contributed by atoms with van der Waals surface area (Å²) in [4.78, 5) is 78.1. The molecule has 1 aliphatic heterocycles. The molecule has 0 bridgehead atoms. The second kappa shape index (κ2) is 29.5. The SMILES string of the molecule is CCC(C(=O)Nc1cc(O)c(NC(=O)c2ccc(C(=O)OC)cc2)cc1Cl)S(=O)(=O)c1ccc(N2CCCCC2)cc1.CCC(C(=O)Nc1cc(O)c(NC(=O)c2ccc(C(=O)OC)cc2)cc1Cl)S(=O)(=O)c1ccc(SC2CCCCC2)cc1. The van der Waals surface area contributed by atoms with Crippen molar-refractivity contribution in [2.75, 3.05) is 53.5 Å². The molecule has 450 valence electrons. The first-order valence-corrected chi connectivity index (χ1v) is 32.1. The number of anilines is 5. The normalized spacial score (nSPS) is 14.3. The van der Waals surface area contributed by atoms with Crippen molar-refractivity contribution < 1.29 is 65.3 Å². The number of hydrogen-bond donors (Lipinski definition) is 6. The Balaban J connectivity index is 0.000000244. The van der Waals surface area contributed by atoms with E-state index in [-0.39, 0.29) is 77.7 Å². The number of sulfone groups is 2. The van der Waals surface area contributed by atoms with Gasteiger partial charge >= 0.3 is 11.9 Å². The molecule has 2 fully saturated rings. The molecule has 19 nitrogen and oxygen atoms in total. The van der Waals surface area contributed by atoms with E-state index in [2.05, 4.69) is 35.6 Å². The van der Waals surface area contributed by atoms with Gasteiger partial charge in [-0.25, -0.2) is 26.4 Å². The van der Waals surface area contributed by atoms with Crippen LogP contribution in [0.5, 0.6) is 11.5 Å². The highest BCUT2D eigenvalue weighted by Gasteiger charge is 2.35.